The summed E-state index contributed by atoms with van der Waals surface area (Å²) in [6, 6.07) is 4.77. The summed E-state index contributed by atoms with van der Waals surface area (Å²) in [6.07, 6.45) is 4.60. The Kier molecular flexibility index (Phi) is 3.15. The van der Waals surface area contributed by atoms with Crippen LogP contribution in [-0.2, 0) is 0 Å². The summed E-state index contributed by atoms with van der Waals surface area (Å²) in [5.74, 6) is -0.545. The molecule has 0 spiro atoms. The molecular weight excluding hydrogens is 281 g/mol. The summed E-state index contributed by atoms with van der Waals surface area (Å²) in [4.78, 5) is 7.90. The van der Waals surface area contributed by atoms with E-state index in [9.17, 15) is 4.39 Å². The Balaban J connectivity index is 2.28. The quantitative estimate of drug-likeness (QED) is 0.728. The first-order chi connectivity index (χ1) is 9.66. The summed E-state index contributed by atoms with van der Waals surface area (Å²) in [7, 11) is 0. The number of aromatic nitrogens is 5. The molecule has 0 saturated carbocycles. The minimum Gasteiger partial charge on any atom is -0.245 e. The minimum absolute atomic E-state index is 0.0270. The smallest absolute Gasteiger partial charge is 0.153 e. The lowest BCUT2D eigenvalue weighted by molar-refractivity contribution is 0.628. The fraction of sp³-hybridized carbons (Fsp3) is 0.0769. The van der Waals surface area contributed by atoms with Gasteiger partial charge in [0.25, 0.3) is 0 Å². The van der Waals surface area contributed by atoms with Crippen molar-refractivity contribution in [3.63, 3.8) is 0 Å². The van der Waals surface area contributed by atoms with Crippen molar-refractivity contribution in [1.29, 1.82) is 0 Å². The molecule has 0 aliphatic heterocycles. The number of hydrogen-bond donors (Lipinski definition) is 0. The number of hydrogen-bond acceptors (Lipinski definition) is 4. The minimum atomic E-state index is -0.545. The van der Waals surface area contributed by atoms with Gasteiger partial charge < -0.3 is 0 Å². The van der Waals surface area contributed by atoms with E-state index in [1.54, 1.807) is 31.5 Å². The van der Waals surface area contributed by atoms with Crippen LogP contribution in [0.3, 0.4) is 0 Å². The molecule has 0 aliphatic rings. The monoisotopic (exact) mass is 289 g/mol. The fourth-order valence-electron chi connectivity index (χ4n) is 1.88. The van der Waals surface area contributed by atoms with E-state index in [0.717, 1.165) is 5.69 Å². The third-order valence-corrected chi connectivity index (χ3v) is 3.06. The van der Waals surface area contributed by atoms with E-state index in [0.29, 0.717) is 11.4 Å². The number of rotatable bonds is 2. The Labute approximate surface area is 119 Å². The molecule has 0 bridgehead atoms. The second-order valence-corrected chi connectivity index (χ2v) is 4.56. The first-order valence-corrected chi connectivity index (χ1v) is 6.18. The largest absolute Gasteiger partial charge is 0.245 e. The lowest BCUT2D eigenvalue weighted by Crippen LogP contribution is -2.02. The Hall–Kier alpha value is -2.34. The summed E-state index contributed by atoms with van der Waals surface area (Å²) >= 11 is 5.86. The third-order valence-electron chi connectivity index (χ3n) is 2.77. The SMILES string of the molecule is Cc1cn(-c2ccc(Cl)c(F)c2-c2ccncn2)nn1. The molecule has 3 rings (SSSR count). The van der Waals surface area contributed by atoms with E-state index in [1.807, 2.05) is 0 Å². The van der Waals surface area contributed by atoms with E-state index >= 15 is 0 Å². The Morgan fingerprint density at radius 2 is 2.10 bits per heavy atom. The Morgan fingerprint density at radius 3 is 2.75 bits per heavy atom. The van der Waals surface area contributed by atoms with Crippen LogP contribution in [-0.4, -0.2) is 25.0 Å². The summed E-state index contributed by atoms with van der Waals surface area (Å²) in [5.41, 5.74) is 1.95. The highest BCUT2D eigenvalue weighted by molar-refractivity contribution is 6.31. The van der Waals surface area contributed by atoms with E-state index in [2.05, 4.69) is 20.3 Å². The molecule has 0 unspecified atom stereocenters. The van der Waals surface area contributed by atoms with Crippen molar-refractivity contribution in [2.45, 2.75) is 6.92 Å². The van der Waals surface area contributed by atoms with E-state index in [1.165, 1.54) is 17.1 Å². The average Bonchev–Trinajstić information content (AvgIpc) is 2.89. The van der Waals surface area contributed by atoms with Crippen LogP contribution in [0.2, 0.25) is 5.02 Å². The van der Waals surface area contributed by atoms with Gasteiger partial charge in [0.05, 0.1) is 33.9 Å². The van der Waals surface area contributed by atoms with Crippen LogP contribution in [0, 0.1) is 12.7 Å². The molecule has 0 amide bonds. The van der Waals surface area contributed by atoms with Gasteiger partial charge in [0.1, 0.15) is 6.33 Å². The van der Waals surface area contributed by atoms with Crippen LogP contribution in [0.15, 0.2) is 36.9 Å². The lowest BCUT2D eigenvalue weighted by atomic mass is 10.1. The van der Waals surface area contributed by atoms with E-state index < -0.39 is 5.82 Å². The molecule has 1 aromatic carbocycles. The highest BCUT2D eigenvalue weighted by Crippen LogP contribution is 2.31. The van der Waals surface area contributed by atoms with Crippen molar-refractivity contribution in [2.24, 2.45) is 0 Å². The predicted octanol–water partition coefficient (Wildman–Crippen LogP) is 2.83. The lowest BCUT2D eigenvalue weighted by Gasteiger charge is -2.10. The molecule has 0 radical (unpaired) electrons. The van der Waals surface area contributed by atoms with Gasteiger partial charge in [0.15, 0.2) is 5.82 Å². The van der Waals surface area contributed by atoms with Gasteiger partial charge in [-0.25, -0.2) is 19.0 Å². The maximum absolute atomic E-state index is 14.4. The molecular formula is C13H9ClFN5. The van der Waals surface area contributed by atoms with Crippen LogP contribution < -0.4 is 0 Å². The van der Waals surface area contributed by atoms with Gasteiger partial charge >= 0.3 is 0 Å². The molecule has 3 aromatic rings. The van der Waals surface area contributed by atoms with Gasteiger partial charge in [-0.05, 0) is 25.1 Å². The fourth-order valence-corrected chi connectivity index (χ4v) is 2.04. The second kappa shape index (κ2) is 4.97. The first kappa shape index (κ1) is 12.7. The van der Waals surface area contributed by atoms with Gasteiger partial charge in [-0.2, -0.15) is 0 Å². The first-order valence-electron chi connectivity index (χ1n) is 5.80. The average molecular weight is 290 g/mol. The van der Waals surface area contributed by atoms with Gasteiger partial charge in [0.2, 0.25) is 0 Å². The predicted molar refractivity (Wildman–Crippen MR) is 72.1 cm³/mol. The molecule has 7 heteroatoms. The number of benzene rings is 1. The zero-order chi connectivity index (χ0) is 14.1. The second-order valence-electron chi connectivity index (χ2n) is 4.15. The molecule has 5 nitrogen and oxygen atoms in total. The Morgan fingerprint density at radius 1 is 1.25 bits per heavy atom. The molecule has 0 saturated heterocycles. The van der Waals surface area contributed by atoms with E-state index in [4.69, 9.17) is 11.6 Å². The highest BCUT2D eigenvalue weighted by Gasteiger charge is 2.17. The van der Waals surface area contributed by atoms with Crippen molar-refractivity contribution in [2.75, 3.05) is 0 Å². The number of halogens is 2. The van der Waals surface area contributed by atoms with Gasteiger partial charge in [-0.15, -0.1) is 5.10 Å². The third kappa shape index (κ3) is 2.14. The number of aryl methyl sites for hydroxylation is 1. The van der Waals surface area contributed by atoms with Crippen LogP contribution in [0.1, 0.15) is 5.69 Å². The van der Waals surface area contributed by atoms with Crippen LogP contribution in [0.5, 0.6) is 0 Å². The van der Waals surface area contributed by atoms with Crippen molar-refractivity contribution < 1.29 is 4.39 Å². The maximum atomic E-state index is 14.4. The number of nitrogens with zero attached hydrogens (tertiary/aromatic N) is 5. The zero-order valence-electron chi connectivity index (χ0n) is 10.5. The van der Waals surface area contributed by atoms with Crippen LogP contribution in [0.25, 0.3) is 16.9 Å². The zero-order valence-corrected chi connectivity index (χ0v) is 11.2. The highest BCUT2D eigenvalue weighted by atomic mass is 35.5. The van der Waals surface area contributed by atoms with Crippen molar-refractivity contribution in [1.82, 2.24) is 25.0 Å². The molecule has 2 aromatic heterocycles. The molecule has 100 valence electrons. The topological polar surface area (TPSA) is 56.5 Å². The molecule has 0 atom stereocenters. The standard InChI is InChI=1S/C13H9ClFN5/c1-8-6-20(19-18-8)11-3-2-9(14)13(15)12(11)10-4-5-16-7-17-10/h2-7H,1H3. The van der Waals surface area contributed by atoms with E-state index in [-0.39, 0.29) is 10.6 Å². The van der Waals surface area contributed by atoms with Gasteiger partial charge in [-0.3, -0.25) is 0 Å². The molecule has 0 aliphatic carbocycles. The van der Waals surface area contributed by atoms with Crippen LogP contribution >= 0.6 is 11.6 Å². The molecule has 2 heterocycles. The molecule has 20 heavy (non-hydrogen) atoms. The normalized spacial score (nSPS) is 10.8. The summed E-state index contributed by atoms with van der Waals surface area (Å²) in [6.45, 7) is 1.81. The summed E-state index contributed by atoms with van der Waals surface area (Å²) < 4.78 is 15.9. The van der Waals surface area contributed by atoms with Gasteiger partial charge in [-0.1, -0.05) is 16.8 Å². The van der Waals surface area contributed by atoms with Crippen LogP contribution in [0.4, 0.5) is 4.39 Å². The van der Waals surface area contributed by atoms with Crippen molar-refractivity contribution in [3.05, 3.63) is 53.5 Å². The maximum Gasteiger partial charge on any atom is 0.153 e. The van der Waals surface area contributed by atoms with Crippen molar-refractivity contribution in [3.8, 4) is 16.9 Å². The summed E-state index contributed by atoms with van der Waals surface area (Å²) in [5, 5.41) is 7.89. The molecule has 0 fully saturated rings. The molecule has 0 N–H and O–H groups in total. The van der Waals surface area contributed by atoms with Crippen molar-refractivity contribution >= 4 is 11.6 Å². The van der Waals surface area contributed by atoms with Gasteiger partial charge in [0, 0.05) is 6.20 Å². The Bertz CT molecular complexity index is 757.